The van der Waals surface area contributed by atoms with E-state index in [2.05, 4.69) is 48.7 Å². The fourth-order valence-corrected chi connectivity index (χ4v) is 4.86. The summed E-state index contributed by atoms with van der Waals surface area (Å²) in [4.78, 5) is 11.9. The van der Waals surface area contributed by atoms with Crippen LogP contribution in [0.5, 0.6) is 0 Å². The zero-order valence-electron chi connectivity index (χ0n) is 19.5. The van der Waals surface area contributed by atoms with E-state index in [4.69, 9.17) is 9.40 Å². The van der Waals surface area contributed by atoms with E-state index in [1.165, 1.54) is 0 Å². The van der Waals surface area contributed by atoms with Crippen molar-refractivity contribution in [2.75, 3.05) is 36.8 Å². The highest BCUT2D eigenvalue weighted by Gasteiger charge is 2.21. The van der Waals surface area contributed by atoms with E-state index in [0.29, 0.717) is 12.6 Å². The third-order valence-corrected chi connectivity index (χ3v) is 6.71. The second kappa shape index (κ2) is 14.5. The van der Waals surface area contributed by atoms with Gasteiger partial charge in [0.2, 0.25) is 5.95 Å². The predicted molar refractivity (Wildman–Crippen MR) is 151 cm³/mol. The van der Waals surface area contributed by atoms with Gasteiger partial charge in [0, 0.05) is 37.6 Å². The van der Waals surface area contributed by atoms with Crippen LogP contribution < -0.4 is 10.6 Å². The lowest BCUT2D eigenvalue weighted by Gasteiger charge is -2.32. The summed E-state index contributed by atoms with van der Waals surface area (Å²) in [5.74, 6) is 1.86. The molecule has 12 heteroatoms. The van der Waals surface area contributed by atoms with E-state index in [0.717, 1.165) is 72.6 Å². The van der Waals surface area contributed by atoms with Crippen LogP contribution in [0.1, 0.15) is 24.3 Å². The molecule has 0 spiro atoms. The summed E-state index contributed by atoms with van der Waals surface area (Å²) in [5.41, 5.74) is 3.22. The molecule has 0 aliphatic carbocycles. The zero-order valence-corrected chi connectivity index (χ0v) is 22.7. The molecule has 0 bridgehead atoms. The number of aryl methyl sites for hydroxylation is 1. The summed E-state index contributed by atoms with van der Waals surface area (Å²) in [6.07, 6.45) is 3.95. The number of furan rings is 1. The first-order valence-electron chi connectivity index (χ1n) is 10.9. The molecule has 0 atom stereocenters. The average molecular weight is 564 g/mol. The van der Waals surface area contributed by atoms with Crippen molar-refractivity contribution in [2.45, 2.75) is 32.4 Å². The summed E-state index contributed by atoms with van der Waals surface area (Å²) in [6, 6.07) is 12.7. The minimum absolute atomic E-state index is 0. The van der Waals surface area contributed by atoms with Gasteiger partial charge in [0.15, 0.2) is 5.13 Å². The standard InChI is InChI=1S/C23H28N6OS.3ClH.H2O/c1-17-16-31-23(25-17)24-10-13-28-11-8-18(9-12-28)26-22-27-20-6-2-3-7-21(20)29(22)15-19-5-4-14-30-19;;;;/h2-7,14,16,18H,8-13,15H2,1H3,(H,24,25)(H,26,27);3*1H;1H2. The molecule has 8 nitrogen and oxygen atoms in total. The summed E-state index contributed by atoms with van der Waals surface area (Å²) < 4.78 is 7.82. The zero-order chi connectivity index (χ0) is 21.0. The number of hydrogen-bond donors (Lipinski definition) is 2. The Labute approximate surface area is 228 Å². The molecule has 0 unspecified atom stereocenters. The number of benzene rings is 1. The van der Waals surface area contributed by atoms with Gasteiger partial charge in [-0.3, -0.25) is 0 Å². The highest BCUT2D eigenvalue weighted by molar-refractivity contribution is 7.13. The van der Waals surface area contributed by atoms with Crippen LogP contribution in [0.25, 0.3) is 11.0 Å². The lowest BCUT2D eigenvalue weighted by Crippen LogP contribution is -2.41. The van der Waals surface area contributed by atoms with Crippen molar-refractivity contribution in [3.05, 3.63) is 59.5 Å². The first-order chi connectivity index (χ1) is 15.2. The second-order valence-electron chi connectivity index (χ2n) is 8.07. The second-order valence-corrected chi connectivity index (χ2v) is 8.93. The van der Waals surface area contributed by atoms with Crippen molar-refractivity contribution in [1.29, 1.82) is 0 Å². The molecule has 1 fully saturated rings. The maximum atomic E-state index is 5.59. The van der Waals surface area contributed by atoms with Gasteiger partial charge >= 0.3 is 0 Å². The van der Waals surface area contributed by atoms with Crippen LogP contribution in [0.3, 0.4) is 0 Å². The van der Waals surface area contributed by atoms with E-state index in [-0.39, 0.29) is 42.7 Å². The molecule has 4 N–H and O–H groups in total. The number of halogens is 3. The monoisotopic (exact) mass is 562 g/mol. The lowest BCUT2D eigenvalue weighted by atomic mass is 10.1. The van der Waals surface area contributed by atoms with Gasteiger partial charge in [0.25, 0.3) is 0 Å². The molecule has 0 radical (unpaired) electrons. The maximum absolute atomic E-state index is 5.59. The van der Waals surface area contributed by atoms with E-state index in [9.17, 15) is 0 Å². The van der Waals surface area contributed by atoms with E-state index >= 15 is 0 Å². The molecule has 35 heavy (non-hydrogen) atoms. The Balaban J connectivity index is 0.00000153. The van der Waals surface area contributed by atoms with Crippen molar-refractivity contribution in [3.8, 4) is 0 Å². The maximum Gasteiger partial charge on any atom is 0.204 e. The summed E-state index contributed by atoms with van der Waals surface area (Å²) in [6.45, 7) is 6.87. The van der Waals surface area contributed by atoms with Crippen molar-refractivity contribution >= 4 is 70.7 Å². The van der Waals surface area contributed by atoms with Crippen molar-refractivity contribution in [2.24, 2.45) is 0 Å². The molecule has 0 amide bonds. The van der Waals surface area contributed by atoms with Gasteiger partial charge in [-0.1, -0.05) is 12.1 Å². The number of likely N-dealkylation sites (tertiary alicyclic amines) is 1. The number of nitrogens with zero attached hydrogens (tertiary/aromatic N) is 4. The molecule has 5 rings (SSSR count). The van der Waals surface area contributed by atoms with E-state index in [1.807, 2.05) is 25.1 Å². The number of piperidine rings is 1. The smallest absolute Gasteiger partial charge is 0.204 e. The van der Waals surface area contributed by atoms with Crippen molar-refractivity contribution < 1.29 is 9.89 Å². The Bertz CT molecular complexity index is 1130. The molecule has 1 saturated heterocycles. The lowest BCUT2D eigenvalue weighted by molar-refractivity contribution is 0.226. The number of para-hydroxylation sites is 2. The molecule has 3 aromatic heterocycles. The number of anilines is 2. The van der Waals surface area contributed by atoms with Crippen LogP contribution in [-0.2, 0) is 6.54 Å². The largest absolute Gasteiger partial charge is 0.467 e. The first kappa shape index (κ1) is 31.0. The normalized spacial score (nSPS) is 13.7. The fraction of sp³-hybridized carbons (Fsp3) is 0.391. The van der Waals surface area contributed by atoms with Gasteiger partial charge in [0.1, 0.15) is 5.76 Å². The molecule has 4 aromatic rings. The fourth-order valence-electron chi connectivity index (χ4n) is 4.14. The Morgan fingerprint density at radius 2 is 1.83 bits per heavy atom. The number of thiazole rings is 1. The molecule has 1 aromatic carbocycles. The van der Waals surface area contributed by atoms with Gasteiger partial charge in [-0.2, -0.15) is 0 Å². The number of imidazole rings is 1. The highest BCUT2D eigenvalue weighted by Crippen LogP contribution is 2.24. The van der Waals surface area contributed by atoms with Crippen LogP contribution in [0, 0.1) is 6.92 Å². The van der Waals surface area contributed by atoms with Gasteiger partial charge < -0.3 is 30.0 Å². The molecule has 0 saturated carbocycles. The number of fused-ring (bicyclic) bond motifs is 1. The molecule has 4 heterocycles. The first-order valence-corrected chi connectivity index (χ1v) is 11.7. The average Bonchev–Trinajstić information content (AvgIpc) is 3.52. The number of nitrogens with one attached hydrogen (secondary N) is 2. The molecule has 1 aliphatic rings. The molecule has 194 valence electrons. The van der Waals surface area contributed by atoms with E-state index in [1.54, 1.807) is 17.6 Å². The Morgan fingerprint density at radius 1 is 1.06 bits per heavy atom. The minimum Gasteiger partial charge on any atom is -0.467 e. The van der Waals surface area contributed by atoms with Crippen LogP contribution in [0.4, 0.5) is 11.1 Å². The topological polar surface area (TPSA) is 103 Å². The predicted octanol–water partition coefficient (Wildman–Crippen LogP) is 4.87. The van der Waals surface area contributed by atoms with Crippen LogP contribution in [0.2, 0.25) is 0 Å². The van der Waals surface area contributed by atoms with Crippen molar-refractivity contribution in [1.82, 2.24) is 19.4 Å². The summed E-state index contributed by atoms with van der Waals surface area (Å²) in [5, 5.41) is 10.3. The van der Waals surface area contributed by atoms with Crippen LogP contribution >= 0.6 is 48.6 Å². The van der Waals surface area contributed by atoms with Crippen LogP contribution in [0.15, 0.2) is 52.5 Å². The Morgan fingerprint density at radius 3 is 2.51 bits per heavy atom. The number of aromatic nitrogens is 3. The third-order valence-electron chi connectivity index (χ3n) is 5.79. The summed E-state index contributed by atoms with van der Waals surface area (Å²) >= 11 is 1.68. The SMILES string of the molecule is Cc1csc(NCCN2CCC(Nc3nc4ccccc4n3Cc3ccco3)CC2)n1.Cl.Cl.Cl.O. The van der Waals surface area contributed by atoms with Gasteiger partial charge in [-0.25, -0.2) is 9.97 Å². The number of rotatable bonds is 8. The van der Waals surface area contributed by atoms with Gasteiger partial charge in [0.05, 0.1) is 29.5 Å². The number of hydrogen-bond acceptors (Lipinski definition) is 7. The molecular weight excluding hydrogens is 531 g/mol. The highest BCUT2D eigenvalue weighted by atomic mass is 35.5. The Kier molecular flexibility index (Phi) is 12.9. The molecular formula is C23H33Cl3N6O2S. The minimum atomic E-state index is 0. The summed E-state index contributed by atoms with van der Waals surface area (Å²) in [7, 11) is 0. The third kappa shape index (κ3) is 7.73. The van der Waals surface area contributed by atoms with E-state index < -0.39 is 0 Å². The quantitative estimate of drug-likeness (QED) is 0.317. The Hall–Kier alpha value is -2.01. The molecule has 1 aliphatic heterocycles. The van der Waals surface area contributed by atoms with Gasteiger partial charge in [-0.05, 0) is 44.0 Å². The van der Waals surface area contributed by atoms with Crippen molar-refractivity contribution in [3.63, 3.8) is 0 Å². The van der Waals surface area contributed by atoms with Crippen LogP contribution in [-0.4, -0.2) is 57.1 Å². The van der Waals surface area contributed by atoms with Gasteiger partial charge in [-0.15, -0.1) is 48.6 Å².